The molecule has 28 heavy (non-hydrogen) atoms. The van der Waals surface area contributed by atoms with Crippen molar-refractivity contribution in [3.05, 3.63) is 29.3 Å². The molecule has 1 amide bonds. The minimum absolute atomic E-state index is 0.213. The van der Waals surface area contributed by atoms with Crippen molar-refractivity contribution in [2.24, 2.45) is 4.99 Å². The highest BCUT2D eigenvalue weighted by Crippen LogP contribution is 2.19. The van der Waals surface area contributed by atoms with Gasteiger partial charge < -0.3 is 25.0 Å². The zero-order valence-corrected chi connectivity index (χ0v) is 17.6. The summed E-state index contributed by atoms with van der Waals surface area (Å²) in [5, 5.41) is 6.81. The lowest BCUT2D eigenvalue weighted by Crippen LogP contribution is -2.50. The number of nitrogens with zero attached hydrogens (tertiary/aromatic N) is 2. The molecular formula is C21H34N4O3. The highest BCUT2D eigenvalue weighted by atomic mass is 16.6. The summed E-state index contributed by atoms with van der Waals surface area (Å²) in [6.07, 6.45) is 2.42. The average molecular weight is 391 g/mol. The number of benzene rings is 1. The first-order valence-electron chi connectivity index (χ1n) is 10.2. The van der Waals surface area contributed by atoms with Gasteiger partial charge in [0.25, 0.3) is 0 Å². The highest BCUT2D eigenvalue weighted by molar-refractivity contribution is 5.80. The molecule has 1 aliphatic heterocycles. The van der Waals surface area contributed by atoms with E-state index in [2.05, 4.69) is 35.8 Å². The number of amides is 1. The van der Waals surface area contributed by atoms with Gasteiger partial charge in [-0.05, 0) is 57.2 Å². The number of guanidine groups is 1. The van der Waals surface area contributed by atoms with Crippen LogP contribution >= 0.6 is 0 Å². The summed E-state index contributed by atoms with van der Waals surface area (Å²) in [7, 11) is 1.70. The van der Waals surface area contributed by atoms with Gasteiger partial charge in [-0.3, -0.25) is 4.99 Å². The maximum absolute atomic E-state index is 11.8. The van der Waals surface area contributed by atoms with Crippen molar-refractivity contribution in [3.8, 4) is 5.75 Å². The number of ether oxygens (including phenoxy) is 2. The second-order valence-electron chi connectivity index (χ2n) is 6.92. The molecule has 0 saturated carbocycles. The highest BCUT2D eigenvalue weighted by Gasteiger charge is 2.23. The number of methoxy groups -OCH3 is 1. The zero-order valence-electron chi connectivity index (χ0n) is 17.6. The van der Waals surface area contributed by atoms with E-state index in [0.717, 1.165) is 43.1 Å². The van der Waals surface area contributed by atoms with Gasteiger partial charge in [-0.2, -0.15) is 0 Å². The van der Waals surface area contributed by atoms with E-state index in [1.807, 2.05) is 13.8 Å². The summed E-state index contributed by atoms with van der Waals surface area (Å²) in [6, 6.07) is 6.59. The van der Waals surface area contributed by atoms with Crippen LogP contribution in [0.2, 0.25) is 0 Å². The monoisotopic (exact) mass is 390 g/mol. The molecule has 156 valence electrons. The van der Waals surface area contributed by atoms with Gasteiger partial charge in [0, 0.05) is 32.2 Å². The second kappa shape index (κ2) is 11.4. The molecule has 7 nitrogen and oxygen atoms in total. The lowest BCUT2D eigenvalue weighted by atomic mass is 10.1. The van der Waals surface area contributed by atoms with Crippen LogP contribution in [0.3, 0.4) is 0 Å². The van der Waals surface area contributed by atoms with Crippen LogP contribution in [0.5, 0.6) is 5.75 Å². The molecule has 0 unspecified atom stereocenters. The summed E-state index contributed by atoms with van der Waals surface area (Å²) in [4.78, 5) is 18.3. The molecule has 1 saturated heterocycles. The number of nitrogens with one attached hydrogen (secondary N) is 2. The molecule has 1 aliphatic rings. The third-order valence-corrected chi connectivity index (χ3v) is 4.85. The summed E-state index contributed by atoms with van der Waals surface area (Å²) in [6.45, 7) is 9.28. The van der Waals surface area contributed by atoms with Crippen molar-refractivity contribution in [2.75, 3.05) is 39.9 Å². The second-order valence-corrected chi connectivity index (χ2v) is 6.92. The minimum Gasteiger partial charge on any atom is -0.496 e. The number of aryl methyl sites for hydroxylation is 1. The molecular weight excluding hydrogens is 356 g/mol. The topological polar surface area (TPSA) is 75.2 Å². The number of hydrogen-bond donors (Lipinski definition) is 2. The van der Waals surface area contributed by atoms with Crippen LogP contribution in [0.1, 0.15) is 37.8 Å². The van der Waals surface area contributed by atoms with E-state index in [4.69, 9.17) is 14.5 Å². The Morgan fingerprint density at radius 3 is 2.68 bits per heavy atom. The average Bonchev–Trinajstić information content (AvgIpc) is 2.70. The third kappa shape index (κ3) is 6.62. The molecule has 0 aliphatic carbocycles. The molecule has 0 atom stereocenters. The Kier molecular flexibility index (Phi) is 8.91. The zero-order chi connectivity index (χ0) is 20.4. The number of hydrogen-bond acceptors (Lipinski definition) is 4. The molecule has 1 heterocycles. The molecule has 0 spiro atoms. The van der Waals surface area contributed by atoms with Gasteiger partial charge in [0.1, 0.15) is 5.75 Å². The fourth-order valence-electron chi connectivity index (χ4n) is 3.25. The maximum Gasteiger partial charge on any atom is 0.409 e. The fourth-order valence-corrected chi connectivity index (χ4v) is 3.25. The van der Waals surface area contributed by atoms with E-state index in [9.17, 15) is 4.79 Å². The van der Waals surface area contributed by atoms with Gasteiger partial charge in [0.2, 0.25) is 0 Å². The molecule has 0 radical (unpaired) electrons. The van der Waals surface area contributed by atoms with Crippen LogP contribution < -0.4 is 15.4 Å². The summed E-state index contributed by atoms with van der Waals surface area (Å²) >= 11 is 0. The van der Waals surface area contributed by atoms with Gasteiger partial charge in [-0.25, -0.2) is 4.79 Å². The number of carbonyl (C=O) groups is 1. The lowest BCUT2D eigenvalue weighted by molar-refractivity contribution is 0.0963. The van der Waals surface area contributed by atoms with E-state index < -0.39 is 0 Å². The Hall–Kier alpha value is -2.44. The largest absolute Gasteiger partial charge is 0.496 e. The Morgan fingerprint density at radius 1 is 1.29 bits per heavy atom. The molecule has 1 aromatic carbocycles. The van der Waals surface area contributed by atoms with Crippen LogP contribution in [-0.2, 0) is 11.2 Å². The van der Waals surface area contributed by atoms with E-state index >= 15 is 0 Å². The van der Waals surface area contributed by atoms with Crippen molar-refractivity contribution in [1.29, 1.82) is 0 Å². The Morgan fingerprint density at radius 2 is 2.04 bits per heavy atom. The van der Waals surface area contributed by atoms with Crippen LogP contribution in [0.4, 0.5) is 4.79 Å². The third-order valence-electron chi connectivity index (χ3n) is 4.85. The summed E-state index contributed by atoms with van der Waals surface area (Å²) < 4.78 is 10.5. The van der Waals surface area contributed by atoms with E-state index in [-0.39, 0.29) is 6.09 Å². The quantitative estimate of drug-likeness (QED) is 0.553. The van der Waals surface area contributed by atoms with Crippen molar-refractivity contribution < 1.29 is 14.3 Å². The van der Waals surface area contributed by atoms with Gasteiger partial charge in [-0.15, -0.1) is 0 Å². The Labute approximate surface area is 168 Å². The Bertz CT molecular complexity index is 655. The molecule has 1 fully saturated rings. The fraction of sp³-hybridized carbons (Fsp3) is 0.619. The molecule has 0 aromatic heterocycles. The maximum atomic E-state index is 11.8. The first kappa shape index (κ1) is 21.9. The van der Waals surface area contributed by atoms with E-state index in [1.54, 1.807) is 12.0 Å². The smallest absolute Gasteiger partial charge is 0.409 e. The minimum atomic E-state index is -0.213. The normalized spacial score (nSPS) is 15.3. The van der Waals surface area contributed by atoms with Crippen LogP contribution in [0.25, 0.3) is 0 Å². The number of carbonyl (C=O) groups excluding carboxylic acids is 1. The van der Waals surface area contributed by atoms with E-state index in [0.29, 0.717) is 32.3 Å². The van der Waals surface area contributed by atoms with Crippen LogP contribution in [0, 0.1) is 6.92 Å². The van der Waals surface area contributed by atoms with Gasteiger partial charge in [0.05, 0.1) is 13.7 Å². The molecule has 0 bridgehead atoms. The van der Waals surface area contributed by atoms with Crippen molar-refractivity contribution in [2.45, 2.75) is 46.1 Å². The lowest BCUT2D eigenvalue weighted by Gasteiger charge is -2.32. The summed E-state index contributed by atoms with van der Waals surface area (Å²) in [5.74, 6) is 1.75. The predicted molar refractivity (Wildman–Crippen MR) is 112 cm³/mol. The van der Waals surface area contributed by atoms with Crippen LogP contribution in [-0.4, -0.2) is 62.9 Å². The standard InChI is InChI=1S/C21H34N4O3/c1-5-22-20(23-12-9-17-8-7-16(3)19(15-17)27-4)24-18-10-13-25(14-11-18)21(26)28-6-2/h7-8,15,18H,5-6,9-14H2,1-4H3,(H2,22,23,24). The number of aliphatic imine (C=N–C) groups is 1. The van der Waals surface area contributed by atoms with Crippen molar-refractivity contribution in [3.63, 3.8) is 0 Å². The molecule has 2 N–H and O–H groups in total. The SMILES string of the molecule is CCNC(=NCCc1ccc(C)c(OC)c1)NC1CCN(C(=O)OCC)CC1. The van der Waals surface area contributed by atoms with Crippen LogP contribution in [0.15, 0.2) is 23.2 Å². The van der Waals surface area contributed by atoms with Gasteiger partial charge in [-0.1, -0.05) is 12.1 Å². The van der Waals surface area contributed by atoms with Gasteiger partial charge >= 0.3 is 6.09 Å². The number of rotatable bonds is 7. The molecule has 7 heteroatoms. The van der Waals surface area contributed by atoms with Gasteiger partial charge in [0.15, 0.2) is 5.96 Å². The summed E-state index contributed by atoms with van der Waals surface area (Å²) in [5.41, 5.74) is 2.35. The number of piperidine rings is 1. The molecule has 1 aromatic rings. The predicted octanol–water partition coefficient (Wildman–Crippen LogP) is 2.72. The van der Waals surface area contributed by atoms with E-state index in [1.165, 1.54) is 5.56 Å². The van der Waals surface area contributed by atoms with Crippen molar-refractivity contribution >= 4 is 12.1 Å². The molecule has 2 rings (SSSR count). The number of likely N-dealkylation sites (tertiary alicyclic amines) is 1. The Balaban J connectivity index is 1.85. The first-order valence-corrected chi connectivity index (χ1v) is 10.2. The van der Waals surface area contributed by atoms with Crippen molar-refractivity contribution in [1.82, 2.24) is 15.5 Å². The first-order chi connectivity index (χ1) is 13.6.